The zero-order valence-corrected chi connectivity index (χ0v) is 13.1. The second kappa shape index (κ2) is 6.03. The summed E-state index contributed by atoms with van der Waals surface area (Å²) >= 11 is 0. The van der Waals surface area contributed by atoms with E-state index in [9.17, 15) is 0 Å². The highest BCUT2D eigenvalue weighted by atomic mass is 14.9. The summed E-state index contributed by atoms with van der Waals surface area (Å²) in [5.41, 5.74) is 4.65. The van der Waals surface area contributed by atoms with Gasteiger partial charge in [-0.25, -0.2) is 0 Å². The van der Waals surface area contributed by atoms with Gasteiger partial charge in [0, 0.05) is 11.5 Å². The van der Waals surface area contributed by atoms with Crippen LogP contribution >= 0.6 is 0 Å². The molecule has 1 nitrogen and oxygen atoms in total. The third kappa shape index (κ3) is 3.03. The molecule has 1 N–H and O–H groups in total. The molecule has 0 aliphatic heterocycles. The predicted octanol–water partition coefficient (Wildman–Crippen LogP) is 4.25. The molecule has 0 radical (unpaired) electrons. The topological polar surface area (TPSA) is 12.0 Å². The normalized spacial score (nSPS) is 17.4. The minimum Gasteiger partial charge on any atom is -0.313 e. The SMILES string of the molecule is CCNC(Cc1cccc(C)c1)C1(c2ccccc2)CC1. The average molecular weight is 279 g/mol. The lowest BCUT2D eigenvalue weighted by Gasteiger charge is -2.29. The highest BCUT2D eigenvalue weighted by molar-refractivity contribution is 5.35. The molecule has 2 aromatic rings. The van der Waals surface area contributed by atoms with E-state index >= 15 is 0 Å². The van der Waals surface area contributed by atoms with Crippen LogP contribution in [0.1, 0.15) is 36.5 Å². The van der Waals surface area contributed by atoms with E-state index in [0.717, 1.165) is 13.0 Å². The van der Waals surface area contributed by atoms with E-state index in [2.05, 4.69) is 73.8 Å². The summed E-state index contributed by atoms with van der Waals surface area (Å²) in [7, 11) is 0. The lowest BCUT2D eigenvalue weighted by atomic mass is 9.84. The van der Waals surface area contributed by atoms with Gasteiger partial charge < -0.3 is 5.32 Å². The van der Waals surface area contributed by atoms with Crippen LogP contribution in [0.3, 0.4) is 0 Å². The minimum absolute atomic E-state index is 0.348. The molecule has 0 aromatic heterocycles. The number of hydrogen-bond donors (Lipinski definition) is 1. The Kier molecular flexibility index (Phi) is 4.12. The van der Waals surface area contributed by atoms with Gasteiger partial charge in [0.25, 0.3) is 0 Å². The summed E-state index contributed by atoms with van der Waals surface area (Å²) in [5.74, 6) is 0. The van der Waals surface area contributed by atoms with E-state index in [1.54, 1.807) is 0 Å². The fraction of sp³-hybridized carbons (Fsp3) is 0.400. The van der Waals surface area contributed by atoms with E-state index in [4.69, 9.17) is 0 Å². The molecule has 110 valence electrons. The molecule has 2 aromatic carbocycles. The summed E-state index contributed by atoms with van der Waals surface area (Å²) in [5, 5.41) is 3.75. The Morgan fingerprint density at radius 2 is 1.81 bits per heavy atom. The molecular formula is C20H25N. The number of aryl methyl sites for hydroxylation is 1. The van der Waals surface area contributed by atoms with Gasteiger partial charge in [-0.1, -0.05) is 67.1 Å². The minimum atomic E-state index is 0.348. The second-order valence-corrected chi connectivity index (χ2v) is 6.33. The van der Waals surface area contributed by atoms with Crippen LogP contribution < -0.4 is 5.32 Å². The van der Waals surface area contributed by atoms with Crippen molar-refractivity contribution in [1.29, 1.82) is 0 Å². The number of rotatable bonds is 6. The van der Waals surface area contributed by atoms with Gasteiger partial charge in [-0.05, 0) is 43.9 Å². The Morgan fingerprint density at radius 1 is 1.05 bits per heavy atom. The van der Waals surface area contributed by atoms with E-state index < -0.39 is 0 Å². The Hall–Kier alpha value is -1.60. The summed E-state index contributed by atoms with van der Waals surface area (Å²) in [6, 6.07) is 20.5. The summed E-state index contributed by atoms with van der Waals surface area (Å²) in [4.78, 5) is 0. The second-order valence-electron chi connectivity index (χ2n) is 6.33. The monoisotopic (exact) mass is 279 g/mol. The smallest absolute Gasteiger partial charge is 0.0204 e. The fourth-order valence-electron chi connectivity index (χ4n) is 3.53. The molecule has 1 fully saturated rings. The van der Waals surface area contributed by atoms with Crippen molar-refractivity contribution in [3.8, 4) is 0 Å². The third-order valence-corrected chi connectivity index (χ3v) is 4.78. The first-order chi connectivity index (χ1) is 10.2. The molecule has 0 saturated heterocycles. The first kappa shape index (κ1) is 14.3. The van der Waals surface area contributed by atoms with Gasteiger partial charge >= 0.3 is 0 Å². The van der Waals surface area contributed by atoms with Crippen LogP contribution in [-0.2, 0) is 11.8 Å². The largest absolute Gasteiger partial charge is 0.313 e. The standard InChI is InChI=1S/C20H25N/c1-3-21-19(15-17-9-7-8-16(2)14-17)20(12-13-20)18-10-5-4-6-11-18/h4-11,14,19,21H,3,12-13,15H2,1-2H3. The summed E-state index contributed by atoms with van der Waals surface area (Å²) < 4.78 is 0. The van der Waals surface area contributed by atoms with E-state index in [-0.39, 0.29) is 0 Å². The first-order valence-corrected chi connectivity index (χ1v) is 8.09. The zero-order chi connectivity index (χ0) is 14.7. The number of benzene rings is 2. The third-order valence-electron chi connectivity index (χ3n) is 4.78. The van der Waals surface area contributed by atoms with E-state index in [0.29, 0.717) is 11.5 Å². The van der Waals surface area contributed by atoms with Gasteiger partial charge in [0.1, 0.15) is 0 Å². The van der Waals surface area contributed by atoms with Gasteiger partial charge in [-0.2, -0.15) is 0 Å². The molecule has 3 rings (SSSR count). The van der Waals surface area contributed by atoms with Gasteiger partial charge in [0.05, 0.1) is 0 Å². The fourth-order valence-corrected chi connectivity index (χ4v) is 3.53. The summed E-state index contributed by atoms with van der Waals surface area (Å²) in [6.07, 6.45) is 3.73. The number of hydrogen-bond acceptors (Lipinski definition) is 1. The first-order valence-electron chi connectivity index (χ1n) is 8.09. The van der Waals surface area contributed by atoms with Crippen molar-refractivity contribution in [3.05, 3.63) is 71.3 Å². The molecule has 1 unspecified atom stereocenters. The average Bonchev–Trinajstić information content (AvgIpc) is 3.30. The molecule has 0 bridgehead atoms. The lowest BCUT2D eigenvalue weighted by molar-refractivity contribution is 0.421. The van der Waals surface area contributed by atoms with E-state index in [1.807, 2.05) is 0 Å². The lowest BCUT2D eigenvalue weighted by Crippen LogP contribution is -2.41. The van der Waals surface area contributed by atoms with Crippen LogP contribution in [0.5, 0.6) is 0 Å². The molecule has 0 heterocycles. The maximum atomic E-state index is 3.75. The molecule has 1 atom stereocenters. The number of nitrogens with one attached hydrogen (secondary N) is 1. The van der Waals surface area contributed by atoms with Gasteiger partial charge in [0.15, 0.2) is 0 Å². The molecule has 21 heavy (non-hydrogen) atoms. The van der Waals surface area contributed by atoms with E-state index in [1.165, 1.54) is 29.5 Å². The molecule has 1 aliphatic carbocycles. The Labute approximate surface area is 128 Å². The van der Waals surface area contributed by atoms with Crippen LogP contribution in [0, 0.1) is 6.92 Å². The maximum absolute atomic E-state index is 3.75. The van der Waals surface area contributed by atoms with Crippen molar-refractivity contribution in [2.75, 3.05) is 6.54 Å². The van der Waals surface area contributed by atoms with Gasteiger partial charge in [-0.3, -0.25) is 0 Å². The molecule has 1 saturated carbocycles. The Morgan fingerprint density at radius 3 is 2.43 bits per heavy atom. The molecular weight excluding hydrogens is 254 g/mol. The van der Waals surface area contributed by atoms with Crippen molar-refractivity contribution < 1.29 is 0 Å². The van der Waals surface area contributed by atoms with Crippen molar-refractivity contribution in [2.24, 2.45) is 0 Å². The maximum Gasteiger partial charge on any atom is 0.0204 e. The molecule has 0 amide bonds. The van der Waals surface area contributed by atoms with Crippen LogP contribution in [0.2, 0.25) is 0 Å². The van der Waals surface area contributed by atoms with Crippen LogP contribution in [0.15, 0.2) is 54.6 Å². The number of likely N-dealkylation sites (N-methyl/N-ethyl adjacent to an activating group) is 1. The predicted molar refractivity (Wildman–Crippen MR) is 89.7 cm³/mol. The van der Waals surface area contributed by atoms with Crippen molar-refractivity contribution in [2.45, 2.75) is 44.6 Å². The quantitative estimate of drug-likeness (QED) is 0.833. The molecule has 1 aliphatic rings. The van der Waals surface area contributed by atoms with Crippen molar-refractivity contribution in [3.63, 3.8) is 0 Å². The van der Waals surface area contributed by atoms with Crippen LogP contribution in [-0.4, -0.2) is 12.6 Å². The Bertz CT molecular complexity index is 584. The van der Waals surface area contributed by atoms with Crippen molar-refractivity contribution in [1.82, 2.24) is 5.32 Å². The highest BCUT2D eigenvalue weighted by Crippen LogP contribution is 2.51. The zero-order valence-electron chi connectivity index (χ0n) is 13.1. The van der Waals surface area contributed by atoms with Crippen LogP contribution in [0.4, 0.5) is 0 Å². The highest BCUT2D eigenvalue weighted by Gasteiger charge is 2.50. The van der Waals surface area contributed by atoms with Gasteiger partial charge in [0.2, 0.25) is 0 Å². The van der Waals surface area contributed by atoms with Crippen LogP contribution in [0.25, 0.3) is 0 Å². The summed E-state index contributed by atoms with van der Waals surface area (Å²) in [6.45, 7) is 5.42. The van der Waals surface area contributed by atoms with Gasteiger partial charge in [-0.15, -0.1) is 0 Å². The Balaban J connectivity index is 1.85. The van der Waals surface area contributed by atoms with Crippen molar-refractivity contribution >= 4 is 0 Å². The molecule has 0 spiro atoms. The molecule has 1 heteroatoms.